The molecule has 0 saturated heterocycles. The Morgan fingerprint density at radius 3 is 2.16 bits per heavy atom. The van der Waals surface area contributed by atoms with Crippen LogP contribution in [0.15, 0.2) is 48.5 Å². The van der Waals surface area contributed by atoms with Crippen LogP contribution in [0.1, 0.15) is 30.0 Å². The molecular weight excluding hydrogens is 328 g/mol. The van der Waals surface area contributed by atoms with E-state index in [0.29, 0.717) is 13.0 Å². The Kier molecular flexibility index (Phi) is 6.43. The van der Waals surface area contributed by atoms with Gasteiger partial charge in [0.2, 0.25) is 0 Å². The maximum Gasteiger partial charge on any atom is 0.306 e. The predicted molar refractivity (Wildman–Crippen MR) is 105 cm³/mol. The summed E-state index contributed by atoms with van der Waals surface area (Å²) in [7, 11) is -0.271. The summed E-state index contributed by atoms with van der Waals surface area (Å²) < 4.78 is 10.5. The molecule has 0 saturated carbocycles. The summed E-state index contributed by atoms with van der Waals surface area (Å²) in [6.07, 6.45) is 0.410. The average Bonchev–Trinajstić information content (AvgIpc) is 2.60. The number of benzene rings is 2. The van der Waals surface area contributed by atoms with Crippen molar-refractivity contribution in [1.29, 1.82) is 0 Å². The first kappa shape index (κ1) is 19.3. The molecule has 2 aromatic carbocycles. The van der Waals surface area contributed by atoms with Gasteiger partial charge >= 0.3 is 5.97 Å². The third-order valence-corrected chi connectivity index (χ3v) is 8.96. The first-order valence-corrected chi connectivity index (χ1v) is 11.8. The molecule has 0 aliphatic heterocycles. The van der Waals surface area contributed by atoms with Crippen molar-refractivity contribution in [2.24, 2.45) is 0 Å². The van der Waals surface area contributed by atoms with Gasteiger partial charge in [-0.1, -0.05) is 60.2 Å². The highest BCUT2D eigenvalue weighted by atomic mass is 28.3. The molecule has 1 unspecified atom stereocenters. The van der Waals surface area contributed by atoms with Gasteiger partial charge in [-0.15, -0.1) is 0 Å². The fourth-order valence-electron chi connectivity index (χ4n) is 3.20. The fraction of sp³-hybridized carbons (Fsp3) is 0.381. The average molecular weight is 357 g/mol. The zero-order chi connectivity index (χ0) is 18.4. The lowest BCUT2D eigenvalue weighted by molar-refractivity contribution is -0.143. The lowest BCUT2D eigenvalue weighted by atomic mass is 10.1. The first-order valence-electron chi connectivity index (χ1n) is 8.75. The number of ether oxygens (including phenoxy) is 2. The van der Waals surface area contributed by atoms with Crippen molar-refractivity contribution in [2.75, 3.05) is 13.7 Å². The third kappa shape index (κ3) is 4.72. The molecule has 0 fully saturated rings. The Morgan fingerprint density at radius 1 is 1.04 bits per heavy atom. The van der Waals surface area contributed by atoms with E-state index in [2.05, 4.69) is 56.4 Å². The Hall–Kier alpha value is -2.07. The van der Waals surface area contributed by atoms with Gasteiger partial charge in [0.05, 0.1) is 28.2 Å². The van der Waals surface area contributed by atoms with Crippen LogP contribution in [0.4, 0.5) is 0 Å². The normalized spacial score (nSPS) is 12.5. The first-order chi connectivity index (χ1) is 11.9. The Balaban J connectivity index is 2.41. The van der Waals surface area contributed by atoms with E-state index in [1.807, 2.05) is 19.1 Å². The van der Waals surface area contributed by atoms with Crippen LogP contribution in [0, 0.1) is 6.92 Å². The van der Waals surface area contributed by atoms with Crippen LogP contribution < -0.4 is 9.92 Å². The smallest absolute Gasteiger partial charge is 0.306 e. The molecule has 0 spiro atoms. The van der Waals surface area contributed by atoms with Gasteiger partial charge in [0.25, 0.3) is 0 Å². The molecule has 0 N–H and O–H groups in total. The van der Waals surface area contributed by atoms with Crippen molar-refractivity contribution < 1.29 is 14.3 Å². The van der Waals surface area contributed by atoms with Gasteiger partial charge in [-0.25, -0.2) is 0 Å². The van der Waals surface area contributed by atoms with Crippen molar-refractivity contribution in [3.8, 4) is 5.75 Å². The van der Waals surface area contributed by atoms with E-state index in [-0.39, 0.29) is 11.5 Å². The van der Waals surface area contributed by atoms with Gasteiger partial charge in [0.1, 0.15) is 5.75 Å². The van der Waals surface area contributed by atoms with E-state index in [4.69, 9.17) is 9.47 Å². The predicted octanol–water partition coefficient (Wildman–Crippen LogP) is 4.20. The minimum Gasteiger partial charge on any atom is -0.497 e. The van der Waals surface area contributed by atoms with Crippen molar-refractivity contribution in [3.05, 3.63) is 59.7 Å². The maximum atomic E-state index is 12.3. The van der Waals surface area contributed by atoms with Crippen molar-refractivity contribution in [2.45, 2.75) is 38.9 Å². The molecule has 0 amide bonds. The number of carbonyl (C=O) groups is 1. The second-order valence-corrected chi connectivity index (χ2v) is 11.6. The lowest BCUT2D eigenvalue weighted by Crippen LogP contribution is -2.48. The summed E-state index contributed by atoms with van der Waals surface area (Å²) in [4.78, 5) is 12.3. The zero-order valence-corrected chi connectivity index (χ0v) is 16.8. The Labute approximate surface area is 152 Å². The molecule has 4 heteroatoms. The van der Waals surface area contributed by atoms with E-state index < -0.39 is 8.07 Å². The number of rotatable bonds is 7. The van der Waals surface area contributed by atoms with Gasteiger partial charge in [-0.05, 0) is 37.1 Å². The van der Waals surface area contributed by atoms with Crippen molar-refractivity contribution in [3.63, 3.8) is 0 Å². The van der Waals surface area contributed by atoms with Crippen LogP contribution >= 0.6 is 0 Å². The molecule has 0 aromatic heterocycles. The summed E-state index contributed by atoms with van der Waals surface area (Å²) in [5.74, 6) is 0.699. The second-order valence-electron chi connectivity index (χ2n) is 6.92. The van der Waals surface area contributed by atoms with Crippen LogP contribution in [0.3, 0.4) is 0 Å². The molecule has 25 heavy (non-hydrogen) atoms. The van der Waals surface area contributed by atoms with Gasteiger partial charge in [-0.2, -0.15) is 0 Å². The van der Waals surface area contributed by atoms with Crippen LogP contribution in [-0.2, 0) is 9.53 Å². The lowest BCUT2D eigenvalue weighted by Gasteiger charge is -2.33. The zero-order valence-electron chi connectivity index (χ0n) is 15.8. The highest BCUT2D eigenvalue weighted by Crippen LogP contribution is 2.32. The molecule has 0 aliphatic carbocycles. The molecule has 0 bridgehead atoms. The third-order valence-electron chi connectivity index (χ3n) is 4.86. The van der Waals surface area contributed by atoms with Crippen LogP contribution in [0.2, 0.25) is 13.1 Å². The maximum absolute atomic E-state index is 12.3. The molecule has 1 atom stereocenters. The molecule has 3 nitrogen and oxygen atoms in total. The second kappa shape index (κ2) is 8.34. The summed E-state index contributed by atoms with van der Waals surface area (Å²) >= 11 is 0. The monoisotopic (exact) mass is 356 g/mol. The molecule has 134 valence electrons. The number of aryl methyl sites for hydroxylation is 1. The highest BCUT2D eigenvalue weighted by molar-refractivity contribution is 6.91. The topological polar surface area (TPSA) is 35.5 Å². The molecule has 2 rings (SSSR count). The number of methoxy groups -OCH3 is 1. The summed E-state index contributed by atoms with van der Waals surface area (Å²) in [6.45, 7) is 9.01. The number of hydrogen-bond donors (Lipinski definition) is 0. The van der Waals surface area contributed by atoms with Crippen molar-refractivity contribution in [1.82, 2.24) is 0 Å². The molecule has 0 radical (unpaired) electrons. The standard InChI is InChI=1S/C21H28O3Si/c1-6-24-21(22)15-20(17-9-11-18(23-3)12-10-17)25(4,5)19-13-7-16(2)8-14-19/h7-14,20H,6,15H2,1-5H3. The SMILES string of the molecule is CCOC(=O)CC(c1ccc(OC)cc1)[Si](C)(C)c1ccc(C)cc1. The van der Waals surface area contributed by atoms with Crippen LogP contribution in [0.5, 0.6) is 5.75 Å². The minimum absolute atomic E-state index is 0.129. The van der Waals surface area contributed by atoms with Gasteiger partial charge in [0.15, 0.2) is 0 Å². The molecular formula is C21H28O3Si. The highest BCUT2D eigenvalue weighted by Gasteiger charge is 2.36. The molecule has 2 aromatic rings. The van der Waals surface area contributed by atoms with E-state index in [0.717, 1.165) is 5.75 Å². The molecule has 0 aliphatic rings. The van der Waals surface area contributed by atoms with Crippen LogP contribution in [-0.4, -0.2) is 27.8 Å². The van der Waals surface area contributed by atoms with Crippen LogP contribution in [0.25, 0.3) is 0 Å². The van der Waals surface area contributed by atoms with Gasteiger partial charge in [-0.3, -0.25) is 4.79 Å². The Morgan fingerprint density at radius 2 is 1.64 bits per heavy atom. The summed E-state index contributed by atoms with van der Waals surface area (Å²) in [5, 5.41) is 1.35. The van der Waals surface area contributed by atoms with E-state index >= 15 is 0 Å². The number of esters is 1. The summed E-state index contributed by atoms with van der Waals surface area (Å²) in [5.41, 5.74) is 2.58. The van der Waals surface area contributed by atoms with E-state index in [1.165, 1.54) is 16.3 Å². The van der Waals surface area contributed by atoms with Gasteiger partial charge in [0, 0.05) is 0 Å². The number of hydrogen-bond acceptors (Lipinski definition) is 3. The van der Waals surface area contributed by atoms with E-state index in [9.17, 15) is 4.79 Å². The van der Waals surface area contributed by atoms with E-state index in [1.54, 1.807) is 7.11 Å². The molecule has 0 heterocycles. The van der Waals surface area contributed by atoms with Crippen molar-refractivity contribution >= 4 is 19.2 Å². The number of carbonyl (C=O) groups excluding carboxylic acids is 1. The summed E-state index contributed by atoms with van der Waals surface area (Å²) in [6, 6.07) is 16.8. The van der Waals surface area contributed by atoms with Gasteiger partial charge < -0.3 is 9.47 Å². The quantitative estimate of drug-likeness (QED) is 0.551. The largest absolute Gasteiger partial charge is 0.497 e. The Bertz CT molecular complexity index is 690. The fourth-order valence-corrected chi connectivity index (χ4v) is 6.33. The minimum atomic E-state index is -1.93.